The Kier molecular flexibility index (Phi) is 6.80. The fourth-order valence-corrected chi connectivity index (χ4v) is 3.55. The van der Waals surface area contributed by atoms with Gasteiger partial charge in [-0.15, -0.1) is 0 Å². The van der Waals surface area contributed by atoms with Gasteiger partial charge in [0.2, 0.25) is 5.91 Å². The van der Waals surface area contributed by atoms with Crippen molar-refractivity contribution in [3.8, 4) is 11.5 Å². The molecule has 7 heteroatoms. The van der Waals surface area contributed by atoms with Crippen molar-refractivity contribution in [1.29, 1.82) is 0 Å². The number of hydrogen-bond donors (Lipinski definition) is 1. The van der Waals surface area contributed by atoms with E-state index < -0.39 is 6.04 Å². The lowest BCUT2D eigenvalue weighted by Gasteiger charge is -2.25. The van der Waals surface area contributed by atoms with Crippen molar-refractivity contribution >= 4 is 11.8 Å². The Hall–Kier alpha value is -2.96. The molecular weight excluding hydrogens is 372 g/mol. The van der Waals surface area contributed by atoms with Gasteiger partial charge in [-0.2, -0.15) is 0 Å². The quantitative estimate of drug-likeness (QED) is 0.733. The number of hydrogen-bond acceptors (Lipinski definition) is 5. The molecule has 2 heterocycles. The van der Waals surface area contributed by atoms with Crippen molar-refractivity contribution in [2.75, 3.05) is 19.8 Å². The Morgan fingerprint density at radius 1 is 1.21 bits per heavy atom. The predicted octanol–water partition coefficient (Wildman–Crippen LogP) is 3.56. The predicted molar refractivity (Wildman–Crippen MR) is 108 cm³/mol. The molecule has 2 atom stereocenters. The van der Waals surface area contributed by atoms with E-state index in [-0.39, 0.29) is 23.6 Å². The van der Waals surface area contributed by atoms with E-state index >= 15 is 0 Å². The minimum absolute atomic E-state index is 0.165. The van der Waals surface area contributed by atoms with Gasteiger partial charge in [-0.1, -0.05) is 6.07 Å². The molecule has 1 fully saturated rings. The van der Waals surface area contributed by atoms with E-state index in [2.05, 4.69) is 5.32 Å². The SMILES string of the molecule is CCOc1ccc(C(C)NC(=O)[C@@H]2CCCN2C(=O)c2ccco2)cc1OCC. The average molecular weight is 400 g/mol. The summed E-state index contributed by atoms with van der Waals surface area (Å²) in [6.07, 6.45) is 2.89. The van der Waals surface area contributed by atoms with Crippen LogP contribution in [0.5, 0.6) is 11.5 Å². The summed E-state index contributed by atoms with van der Waals surface area (Å²) in [4.78, 5) is 27.1. The molecule has 7 nitrogen and oxygen atoms in total. The average Bonchev–Trinajstić information content (AvgIpc) is 3.41. The number of likely N-dealkylation sites (tertiary alicyclic amines) is 1. The Morgan fingerprint density at radius 3 is 2.66 bits per heavy atom. The maximum absolute atomic E-state index is 12.9. The highest BCUT2D eigenvalue weighted by molar-refractivity contribution is 5.96. The lowest BCUT2D eigenvalue weighted by molar-refractivity contribution is -0.125. The second kappa shape index (κ2) is 9.49. The van der Waals surface area contributed by atoms with Crippen LogP contribution in [0, 0.1) is 0 Å². The molecule has 0 radical (unpaired) electrons. The minimum atomic E-state index is -0.496. The van der Waals surface area contributed by atoms with E-state index in [4.69, 9.17) is 13.9 Å². The Morgan fingerprint density at radius 2 is 1.97 bits per heavy atom. The fourth-order valence-electron chi connectivity index (χ4n) is 3.55. The van der Waals surface area contributed by atoms with Crippen molar-refractivity contribution < 1.29 is 23.5 Å². The molecule has 2 aromatic rings. The number of benzene rings is 1. The maximum atomic E-state index is 12.9. The summed E-state index contributed by atoms with van der Waals surface area (Å²) in [5.41, 5.74) is 0.909. The van der Waals surface area contributed by atoms with E-state index in [0.29, 0.717) is 37.7 Å². The van der Waals surface area contributed by atoms with E-state index in [1.807, 2.05) is 39.0 Å². The van der Waals surface area contributed by atoms with Gasteiger partial charge in [0.05, 0.1) is 25.5 Å². The number of ether oxygens (including phenoxy) is 2. The standard InChI is InChI=1S/C22H28N2O5/c1-4-27-18-11-10-16(14-20(18)28-5-2)15(3)23-21(25)17-8-6-12-24(17)22(26)19-9-7-13-29-19/h7,9-11,13-15,17H,4-6,8,12H2,1-3H3,(H,23,25)/t15?,17-/m0/s1. The molecule has 29 heavy (non-hydrogen) atoms. The van der Waals surface area contributed by atoms with Gasteiger partial charge >= 0.3 is 0 Å². The second-order valence-corrected chi connectivity index (χ2v) is 6.94. The second-order valence-electron chi connectivity index (χ2n) is 6.94. The Labute approximate surface area is 171 Å². The van der Waals surface area contributed by atoms with Crippen LogP contribution in [0.2, 0.25) is 0 Å². The van der Waals surface area contributed by atoms with Gasteiger partial charge in [0, 0.05) is 6.54 Å². The van der Waals surface area contributed by atoms with E-state index in [1.165, 1.54) is 6.26 Å². The van der Waals surface area contributed by atoms with Crippen LogP contribution in [-0.4, -0.2) is 42.5 Å². The van der Waals surface area contributed by atoms with Gasteiger partial charge in [-0.05, 0) is 63.4 Å². The third-order valence-electron chi connectivity index (χ3n) is 4.97. The maximum Gasteiger partial charge on any atom is 0.290 e. The van der Waals surface area contributed by atoms with Crippen LogP contribution in [0.4, 0.5) is 0 Å². The molecule has 1 aromatic heterocycles. The zero-order chi connectivity index (χ0) is 20.8. The summed E-state index contributed by atoms with van der Waals surface area (Å²) in [5.74, 6) is 1.18. The lowest BCUT2D eigenvalue weighted by atomic mass is 10.1. The monoisotopic (exact) mass is 400 g/mol. The lowest BCUT2D eigenvalue weighted by Crippen LogP contribution is -2.46. The topological polar surface area (TPSA) is 81.0 Å². The van der Waals surface area contributed by atoms with Gasteiger partial charge in [-0.3, -0.25) is 9.59 Å². The molecule has 1 aliphatic heterocycles. The molecule has 2 amide bonds. The highest BCUT2D eigenvalue weighted by Gasteiger charge is 2.36. The summed E-state index contributed by atoms with van der Waals surface area (Å²) in [6.45, 7) is 7.37. The van der Waals surface area contributed by atoms with Gasteiger partial charge in [0.25, 0.3) is 5.91 Å². The van der Waals surface area contributed by atoms with Crippen LogP contribution in [-0.2, 0) is 4.79 Å². The Balaban J connectivity index is 1.69. The van der Waals surface area contributed by atoms with Crippen LogP contribution in [0.15, 0.2) is 41.0 Å². The first-order valence-electron chi connectivity index (χ1n) is 10.1. The first-order valence-corrected chi connectivity index (χ1v) is 10.1. The van der Waals surface area contributed by atoms with Crippen LogP contribution in [0.25, 0.3) is 0 Å². The third kappa shape index (κ3) is 4.72. The summed E-state index contributed by atoms with van der Waals surface area (Å²) >= 11 is 0. The molecule has 0 spiro atoms. The van der Waals surface area contributed by atoms with Gasteiger partial charge in [0.15, 0.2) is 17.3 Å². The number of nitrogens with zero attached hydrogens (tertiary/aromatic N) is 1. The number of amides is 2. The van der Waals surface area contributed by atoms with Gasteiger partial charge in [-0.25, -0.2) is 0 Å². The fraction of sp³-hybridized carbons (Fsp3) is 0.455. The number of furan rings is 1. The molecule has 0 bridgehead atoms. The number of rotatable bonds is 8. The highest BCUT2D eigenvalue weighted by atomic mass is 16.5. The van der Waals surface area contributed by atoms with Crippen LogP contribution in [0.3, 0.4) is 0 Å². The van der Waals surface area contributed by atoms with Gasteiger partial charge < -0.3 is 24.1 Å². The highest BCUT2D eigenvalue weighted by Crippen LogP contribution is 2.31. The molecule has 3 rings (SSSR count). The van der Waals surface area contributed by atoms with Crippen LogP contribution in [0.1, 0.15) is 55.8 Å². The Bertz CT molecular complexity index is 834. The van der Waals surface area contributed by atoms with Crippen molar-refractivity contribution in [2.45, 2.75) is 45.7 Å². The molecule has 1 N–H and O–H groups in total. The van der Waals surface area contributed by atoms with Gasteiger partial charge in [0.1, 0.15) is 6.04 Å². The summed E-state index contributed by atoms with van der Waals surface area (Å²) in [5, 5.41) is 3.03. The van der Waals surface area contributed by atoms with Crippen molar-refractivity contribution in [1.82, 2.24) is 10.2 Å². The summed E-state index contributed by atoms with van der Waals surface area (Å²) < 4.78 is 16.5. The first kappa shape index (κ1) is 20.8. The molecule has 1 aromatic carbocycles. The van der Waals surface area contributed by atoms with Crippen molar-refractivity contribution in [3.63, 3.8) is 0 Å². The molecule has 1 saturated heterocycles. The molecule has 0 aliphatic carbocycles. The summed E-state index contributed by atoms with van der Waals surface area (Å²) in [6, 6.07) is 8.21. The van der Waals surface area contributed by atoms with Crippen LogP contribution < -0.4 is 14.8 Å². The van der Waals surface area contributed by atoms with E-state index in [9.17, 15) is 9.59 Å². The van der Waals surface area contributed by atoms with E-state index in [1.54, 1.807) is 17.0 Å². The molecule has 156 valence electrons. The zero-order valence-corrected chi connectivity index (χ0v) is 17.1. The van der Waals surface area contributed by atoms with Crippen LogP contribution >= 0.6 is 0 Å². The number of carbonyl (C=O) groups excluding carboxylic acids is 2. The smallest absolute Gasteiger partial charge is 0.290 e. The van der Waals surface area contributed by atoms with Crippen molar-refractivity contribution in [3.05, 3.63) is 47.9 Å². The number of nitrogens with one attached hydrogen (secondary N) is 1. The first-order chi connectivity index (χ1) is 14.0. The normalized spacial score (nSPS) is 17.1. The largest absolute Gasteiger partial charge is 0.490 e. The zero-order valence-electron chi connectivity index (χ0n) is 17.1. The third-order valence-corrected chi connectivity index (χ3v) is 4.97. The van der Waals surface area contributed by atoms with E-state index in [0.717, 1.165) is 12.0 Å². The molecule has 1 aliphatic rings. The molecular formula is C22H28N2O5. The molecule has 0 saturated carbocycles. The minimum Gasteiger partial charge on any atom is -0.490 e. The summed E-state index contributed by atoms with van der Waals surface area (Å²) in [7, 11) is 0. The van der Waals surface area contributed by atoms with Crippen molar-refractivity contribution in [2.24, 2.45) is 0 Å². The number of carbonyl (C=O) groups is 2. The molecule has 1 unspecified atom stereocenters.